The molecule has 0 radical (unpaired) electrons. The molecule has 3 rings (SSSR count). The number of hydrogen-bond acceptors (Lipinski definition) is 6. The minimum atomic E-state index is -0.0911. The fraction of sp³-hybridized carbons (Fsp3) is 0.273. The lowest BCUT2D eigenvalue weighted by atomic mass is 10.2. The predicted molar refractivity (Wildman–Crippen MR) is 121 cm³/mol. The Kier molecular flexibility index (Phi) is 7.17. The summed E-state index contributed by atoms with van der Waals surface area (Å²) >= 11 is 6.47. The first kappa shape index (κ1) is 21.2. The predicted octanol–water partition coefficient (Wildman–Crippen LogP) is 4.68. The monoisotopic (exact) mass is 429 g/mol. The molecular weight excluding hydrogens is 406 g/mol. The second-order valence-corrected chi connectivity index (χ2v) is 8.02. The van der Waals surface area contributed by atoms with Crippen LogP contribution in [0.15, 0.2) is 47.4 Å². The molecule has 2 aromatic carbocycles. The van der Waals surface area contributed by atoms with Crippen LogP contribution >= 0.6 is 24.0 Å². The Morgan fingerprint density at radius 1 is 1.03 bits per heavy atom. The first-order chi connectivity index (χ1) is 14.0. The highest BCUT2D eigenvalue weighted by atomic mass is 32.2. The molecule has 0 bridgehead atoms. The zero-order valence-electron chi connectivity index (χ0n) is 16.6. The third-order valence-corrected chi connectivity index (χ3v) is 5.73. The molecule has 1 saturated heterocycles. The van der Waals surface area contributed by atoms with E-state index in [1.54, 1.807) is 7.05 Å². The standard InChI is InChI=1S/C22H23NO4S2/c1-4-25-19-13-16(14-20-21(24)23(3)22(28)29-20)9-10-18(19)27-12-11-26-17-8-6-5-7-15(17)2/h5-10,13-14H,4,11-12H2,1-3H3/b20-14+. The normalized spacial score (nSPS) is 15.1. The van der Waals surface area contributed by atoms with Gasteiger partial charge >= 0.3 is 0 Å². The van der Waals surface area contributed by atoms with Crippen LogP contribution in [0.1, 0.15) is 18.1 Å². The lowest BCUT2D eigenvalue weighted by Gasteiger charge is -2.14. The number of carbonyl (C=O) groups excluding carboxylic acids is 1. The van der Waals surface area contributed by atoms with Gasteiger partial charge in [-0.05, 0) is 49.2 Å². The maximum absolute atomic E-state index is 12.2. The van der Waals surface area contributed by atoms with Gasteiger partial charge in [-0.15, -0.1) is 0 Å². The van der Waals surface area contributed by atoms with Crippen molar-refractivity contribution >= 4 is 40.3 Å². The molecule has 7 heteroatoms. The van der Waals surface area contributed by atoms with E-state index in [0.29, 0.717) is 40.5 Å². The number of carbonyl (C=O) groups is 1. The van der Waals surface area contributed by atoms with Gasteiger partial charge in [-0.1, -0.05) is 48.2 Å². The van der Waals surface area contributed by atoms with Crippen molar-refractivity contribution in [2.45, 2.75) is 13.8 Å². The van der Waals surface area contributed by atoms with E-state index in [2.05, 4.69) is 0 Å². The maximum atomic E-state index is 12.2. The van der Waals surface area contributed by atoms with Crippen molar-refractivity contribution in [3.05, 3.63) is 58.5 Å². The van der Waals surface area contributed by atoms with E-state index < -0.39 is 0 Å². The highest BCUT2D eigenvalue weighted by molar-refractivity contribution is 8.26. The molecule has 1 heterocycles. The average molecular weight is 430 g/mol. The van der Waals surface area contributed by atoms with Crippen molar-refractivity contribution in [1.29, 1.82) is 0 Å². The molecular formula is C22H23NO4S2. The SMILES string of the molecule is CCOc1cc(/C=C2/SC(=S)N(C)C2=O)ccc1OCCOc1ccccc1C. The number of aryl methyl sites for hydroxylation is 1. The van der Waals surface area contributed by atoms with Gasteiger partial charge in [0, 0.05) is 7.05 Å². The molecule has 0 N–H and O–H groups in total. The molecule has 0 unspecified atom stereocenters. The Balaban J connectivity index is 1.66. The number of thioether (sulfide) groups is 1. The number of thiocarbonyl (C=S) groups is 1. The second-order valence-electron chi connectivity index (χ2n) is 6.34. The lowest BCUT2D eigenvalue weighted by Crippen LogP contribution is -2.22. The number of rotatable bonds is 8. The molecule has 152 valence electrons. The molecule has 29 heavy (non-hydrogen) atoms. The Bertz CT molecular complexity index is 942. The highest BCUT2D eigenvalue weighted by Gasteiger charge is 2.28. The topological polar surface area (TPSA) is 48.0 Å². The van der Waals surface area contributed by atoms with Crippen LogP contribution in [0.4, 0.5) is 0 Å². The van der Waals surface area contributed by atoms with Gasteiger partial charge in [0.25, 0.3) is 5.91 Å². The van der Waals surface area contributed by atoms with Gasteiger partial charge in [0.15, 0.2) is 11.5 Å². The van der Waals surface area contributed by atoms with Gasteiger partial charge in [0.05, 0.1) is 11.5 Å². The van der Waals surface area contributed by atoms with Crippen LogP contribution in [-0.2, 0) is 4.79 Å². The van der Waals surface area contributed by atoms with Crippen LogP contribution in [0.5, 0.6) is 17.2 Å². The van der Waals surface area contributed by atoms with E-state index in [1.165, 1.54) is 16.7 Å². The van der Waals surface area contributed by atoms with Gasteiger partial charge in [-0.3, -0.25) is 9.69 Å². The fourth-order valence-electron chi connectivity index (χ4n) is 2.72. The summed E-state index contributed by atoms with van der Waals surface area (Å²) in [5.41, 5.74) is 1.94. The second kappa shape index (κ2) is 9.80. The molecule has 0 saturated carbocycles. The Labute approximate surface area is 180 Å². The summed E-state index contributed by atoms with van der Waals surface area (Å²) < 4.78 is 17.9. The number of para-hydroxylation sites is 1. The third kappa shape index (κ3) is 5.31. The Morgan fingerprint density at radius 2 is 1.76 bits per heavy atom. The van der Waals surface area contributed by atoms with E-state index in [-0.39, 0.29) is 5.91 Å². The van der Waals surface area contributed by atoms with Gasteiger partial charge in [-0.25, -0.2) is 0 Å². The van der Waals surface area contributed by atoms with Crippen molar-refractivity contribution in [3.63, 3.8) is 0 Å². The van der Waals surface area contributed by atoms with Crippen molar-refractivity contribution in [2.75, 3.05) is 26.9 Å². The quantitative estimate of drug-likeness (QED) is 0.345. The first-order valence-corrected chi connectivity index (χ1v) is 10.5. The summed E-state index contributed by atoms with van der Waals surface area (Å²) in [4.78, 5) is 14.3. The smallest absolute Gasteiger partial charge is 0.265 e. The summed E-state index contributed by atoms with van der Waals surface area (Å²) in [6.45, 7) is 5.25. The molecule has 5 nitrogen and oxygen atoms in total. The van der Waals surface area contributed by atoms with Gasteiger partial charge < -0.3 is 14.2 Å². The molecule has 0 aliphatic carbocycles. The lowest BCUT2D eigenvalue weighted by molar-refractivity contribution is -0.121. The van der Waals surface area contributed by atoms with Crippen molar-refractivity contribution in [1.82, 2.24) is 4.90 Å². The molecule has 1 aliphatic heterocycles. The first-order valence-electron chi connectivity index (χ1n) is 9.29. The molecule has 0 atom stereocenters. The number of ether oxygens (including phenoxy) is 3. The van der Waals surface area contributed by atoms with Crippen LogP contribution in [0.25, 0.3) is 6.08 Å². The number of amides is 1. The molecule has 0 spiro atoms. The minimum absolute atomic E-state index is 0.0911. The Morgan fingerprint density at radius 3 is 2.41 bits per heavy atom. The van der Waals surface area contributed by atoms with Gasteiger partial charge in [-0.2, -0.15) is 0 Å². The summed E-state index contributed by atoms with van der Waals surface area (Å²) in [5.74, 6) is 2.03. The molecule has 2 aromatic rings. The van der Waals surface area contributed by atoms with Gasteiger partial charge in [0.1, 0.15) is 23.3 Å². The summed E-state index contributed by atoms with van der Waals surface area (Å²) in [5, 5.41) is 0. The largest absolute Gasteiger partial charge is 0.490 e. The molecule has 1 aliphatic rings. The zero-order chi connectivity index (χ0) is 20.8. The molecule has 1 amide bonds. The van der Waals surface area contributed by atoms with Crippen LogP contribution in [0, 0.1) is 6.92 Å². The van der Waals surface area contributed by atoms with E-state index in [4.69, 9.17) is 26.4 Å². The minimum Gasteiger partial charge on any atom is -0.490 e. The van der Waals surface area contributed by atoms with Crippen LogP contribution in [-0.4, -0.2) is 42.0 Å². The zero-order valence-corrected chi connectivity index (χ0v) is 18.3. The van der Waals surface area contributed by atoms with E-state index in [0.717, 1.165) is 16.9 Å². The number of nitrogens with zero attached hydrogens (tertiary/aromatic N) is 1. The van der Waals surface area contributed by atoms with Crippen molar-refractivity contribution in [2.24, 2.45) is 0 Å². The van der Waals surface area contributed by atoms with Crippen LogP contribution < -0.4 is 14.2 Å². The van der Waals surface area contributed by atoms with Crippen LogP contribution in [0.3, 0.4) is 0 Å². The number of benzene rings is 2. The summed E-state index contributed by atoms with van der Waals surface area (Å²) in [7, 11) is 1.68. The third-order valence-electron chi connectivity index (χ3n) is 4.24. The average Bonchev–Trinajstić information content (AvgIpc) is 2.95. The summed E-state index contributed by atoms with van der Waals surface area (Å²) in [6, 6.07) is 13.5. The maximum Gasteiger partial charge on any atom is 0.265 e. The molecule has 0 aromatic heterocycles. The van der Waals surface area contributed by atoms with Gasteiger partial charge in [0.2, 0.25) is 0 Å². The fourth-order valence-corrected chi connectivity index (χ4v) is 3.90. The molecule has 1 fully saturated rings. The Hall–Kier alpha value is -2.51. The van der Waals surface area contributed by atoms with Crippen LogP contribution in [0.2, 0.25) is 0 Å². The highest BCUT2D eigenvalue weighted by Crippen LogP contribution is 2.34. The number of likely N-dealkylation sites (N-methyl/N-ethyl adjacent to an activating group) is 1. The van der Waals surface area contributed by atoms with Crippen molar-refractivity contribution < 1.29 is 19.0 Å². The summed E-state index contributed by atoms with van der Waals surface area (Å²) in [6.07, 6.45) is 1.82. The van der Waals surface area contributed by atoms with E-state index in [9.17, 15) is 4.79 Å². The van der Waals surface area contributed by atoms with E-state index in [1.807, 2.05) is 62.4 Å². The van der Waals surface area contributed by atoms with E-state index >= 15 is 0 Å². The van der Waals surface area contributed by atoms with Crippen molar-refractivity contribution in [3.8, 4) is 17.2 Å². The number of hydrogen-bond donors (Lipinski definition) is 0.